The van der Waals surface area contributed by atoms with E-state index in [9.17, 15) is 0 Å². The molecule has 0 rings (SSSR count). The first-order valence-corrected chi connectivity index (χ1v) is 6.66. The smallest absolute Gasteiger partial charge is 0.0280 e. The molecule has 0 nitrogen and oxygen atoms in total. The minimum Gasteiger partial charge on any atom is -0.0654 e. The van der Waals surface area contributed by atoms with Crippen molar-refractivity contribution in [2.45, 2.75) is 79.6 Å². The van der Waals surface area contributed by atoms with Crippen molar-refractivity contribution in [2.75, 3.05) is 0 Å². The first-order valence-electron chi connectivity index (χ1n) is 6.66. The molecule has 0 aliphatic heterocycles. The molecule has 14 heavy (non-hydrogen) atoms. The predicted octanol–water partition coefficient (Wildman–Crippen LogP) is 5.42. The SMILES string of the molecule is CCCCCC(C)C(CC)(CC)CC. The summed E-state index contributed by atoms with van der Waals surface area (Å²) in [7, 11) is 0. The van der Waals surface area contributed by atoms with E-state index >= 15 is 0 Å². The highest BCUT2D eigenvalue weighted by Crippen LogP contribution is 2.40. The van der Waals surface area contributed by atoms with Crippen molar-refractivity contribution in [1.29, 1.82) is 0 Å². The van der Waals surface area contributed by atoms with Crippen molar-refractivity contribution in [3.8, 4) is 0 Å². The van der Waals surface area contributed by atoms with Gasteiger partial charge in [0, 0.05) is 0 Å². The highest BCUT2D eigenvalue weighted by Gasteiger charge is 2.29. The van der Waals surface area contributed by atoms with Gasteiger partial charge in [-0.15, -0.1) is 0 Å². The van der Waals surface area contributed by atoms with E-state index in [4.69, 9.17) is 0 Å². The Bertz CT molecular complexity index is 114. The molecule has 0 radical (unpaired) electrons. The van der Waals surface area contributed by atoms with Crippen LogP contribution in [0.25, 0.3) is 0 Å². The van der Waals surface area contributed by atoms with Crippen molar-refractivity contribution >= 4 is 0 Å². The second kappa shape index (κ2) is 7.31. The minimum absolute atomic E-state index is 0.633. The second-order valence-corrected chi connectivity index (χ2v) is 4.82. The first kappa shape index (κ1) is 14.0. The highest BCUT2D eigenvalue weighted by atomic mass is 14.3. The molecule has 0 aromatic rings. The Kier molecular flexibility index (Phi) is 7.31. The molecule has 0 aliphatic carbocycles. The quantitative estimate of drug-likeness (QED) is 0.457. The van der Waals surface area contributed by atoms with Gasteiger partial charge in [-0.3, -0.25) is 0 Å². The maximum absolute atomic E-state index is 2.46. The standard InChI is InChI=1S/C14H30/c1-6-10-11-12-13(5)14(7-2,8-3)9-4/h13H,6-12H2,1-5H3. The van der Waals surface area contributed by atoms with E-state index in [1.54, 1.807) is 0 Å². The van der Waals surface area contributed by atoms with Crippen LogP contribution in [0.4, 0.5) is 0 Å². The van der Waals surface area contributed by atoms with Gasteiger partial charge in [0.1, 0.15) is 0 Å². The fourth-order valence-electron chi connectivity index (χ4n) is 2.80. The van der Waals surface area contributed by atoms with Gasteiger partial charge < -0.3 is 0 Å². The lowest BCUT2D eigenvalue weighted by Crippen LogP contribution is -2.26. The summed E-state index contributed by atoms with van der Waals surface area (Å²) in [4.78, 5) is 0. The Morgan fingerprint density at radius 2 is 1.36 bits per heavy atom. The van der Waals surface area contributed by atoms with E-state index in [0.717, 1.165) is 5.92 Å². The van der Waals surface area contributed by atoms with Crippen molar-refractivity contribution in [2.24, 2.45) is 11.3 Å². The molecule has 0 N–H and O–H groups in total. The third-order valence-corrected chi connectivity index (χ3v) is 4.40. The Balaban J connectivity index is 4.07. The first-order chi connectivity index (χ1) is 6.66. The zero-order valence-electron chi connectivity index (χ0n) is 11.0. The van der Waals surface area contributed by atoms with Gasteiger partial charge in [0.2, 0.25) is 0 Å². The van der Waals surface area contributed by atoms with Gasteiger partial charge in [-0.25, -0.2) is 0 Å². The Hall–Kier alpha value is 0. The van der Waals surface area contributed by atoms with E-state index < -0.39 is 0 Å². The summed E-state index contributed by atoms with van der Waals surface area (Å²) in [6, 6.07) is 0. The summed E-state index contributed by atoms with van der Waals surface area (Å²) in [6.45, 7) is 11.8. The summed E-state index contributed by atoms with van der Waals surface area (Å²) < 4.78 is 0. The molecule has 0 aliphatic rings. The third kappa shape index (κ3) is 3.63. The van der Waals surface area contributed by atoms with E-state index in [1.807, 2.05) is 0 Å². The summed E-state index contributed by atoms with van der Waals surface area (Å²) in [5.41, 5.74) is 0.633. The van der Waals surface area contributed by atoms with Gasteiger partial charge in [0.15, 0.2) is 0 Å². The number of unbranched alkanes of at least 4 members (excludes halogenated alkanes) is 2. The van der Waals surface area contributed by atoms with Crippen molar-refractivity contribution in [1.82, 2.24) is 0 Å². The molecule has 0 heterocycles. The Morgan fingerprint density at radius 1 is 0.857 bits per heavy atom. The maximum atomic E-state index is 2.46. The van der Waals surface area contributed by atoms with Gasteiger partial charge in [0.25, 0.3) is 0 Å². The Morgan fingerprint density at radius 3 is 1.71 bits per heavy atom. The van der Waals surface area contributed by atoms with Crippen molar-refractivity contribution in [3.63, 3.8) is 0 Å². The molecule has 86 valence electrons. The lowest BCUT2D eigenvalue weighted by atomic mass is 9.68. The number of hydrogen-bond acceptors (Lipinski definition) is 0. The third-order valence-electron chi connectivity index (χ3n) is 4.40. The molecule has 0 bridgehead atoms. The fraction of sp³-hybridized carbons (Fsp3) is 1.00. The van der Waals surface area contributed by atoms with E-state index in [2.05, 4.69) is 34.6 Å². The van der Waals surface area contributed by atoms with Crippen LogP contribution < -0.4 is 0 Å². The van der Waals surface area contributed by atoms with Crippen molar-refractivity contribution < 1.29 is 0 Å². The average molecular weight is 198 g/mol. The van der Waals surface area contributed by atoms with Crippen LogP contribution in [0.1, 0.15) is 79.6 Å². The van der Waals surface area contributed by atoms with Crippen LogP contribution in [0.5, 0.6) is 0 Å². The number of hydrogen-bond donors (Lipinski definition) is 0. The zero-order chi connectivity index (χ0) is 11.0. The van der Waals surface area contributed by atoms with Gasteiger partial charge in [-0.2, -0.15) is 0 Å². The summed E-state index contributed by atoms with van der Waals surface area (Å²) >= 11 is 0. The molecule has 0 aromatic carbocycles. The zero-order valence-corrected chi connectivity index (χ0v) is 11.0. The van der Waals surface area contributed by atoms with Crippen LogP contribution in [0.15, 0.2) is 0 Å². The minimum atomic E-state index is 0.633. The normalized spacial score (nSPS) is 14.4. The Labute approximate surface area is 91.5 Å². The summed E-state index contributed by atoms with van der Waals surface area (Å²) in [6.07, 6.45) is 9.69. The molecular formula is C14H30. The molecule has 1 atom stereocenters. The molecule has 1 unspecified atom stereocenters. The lowest BCUT2D eigenvalue weighted by molar-refractivity contribution is 0.137. The lowest BCUT2D eigenvalue weighted by Gasteiger charge is -2.37. The van der Waals surface area contributed by atoms with Crippen LogP contribution in [-0.4, -0.2) is 0 Å². The molecule has 0 aromatic heterocycles. The van der Waals surface area contributed by atoms with Gasteiger partial charge in [-0.05, 0) is 11.3 Å². The fourth-order valence-corrected chi connectivity index (χ4v) is 2.80. The summed E-state index contributed by atoms with van der Waals surface area (Å²) in [5, 5.41) is 0. The van der Waals surface area contributed by atoms with Crippen LogP contribution >= 0.6 is 0 Å². The molecule has 0 saturated carbocycles. The monoisotopic (exact) mass is 198 g/mol. The second-order valence-electron chi connectivity index (χ2n) is 4.82. The predicted molar refractivity (Wildman–Crippen MR) is 66.6 cm³/mol. The van der Waals surface area contributed by atoms with Crippen LogP contribution in [0, 0.1) is 11.3 Å². The molecule has 0 saturated heterocycles. The van der Waals surface area contributed by atoms with E-state index in [0.29, 0.717) is 5.41 Å². The highest BCUT2D eigenvalue weighted by molar-refractivity contribution is 4.80. The van der Waals surface area contributed by atoms with Crippen LogP contribution in [0.2, 0.25) is 0 Å². The molecule has 0 amide bonds. The summed E-state index contributed by atoms with van der Waals surface area (Å²) in [5.74, 6) is 0.911. The largest absolute Gasteiger partial charge is 0.0654 e. The van der Waals surface area contributed by atoms with E-state index in [1.165, 1.54) is 44.9 Å². The molecule has 0 spiro atoms. The van der Waals surface area contributed by atoms with Crippen LogP contribution in [-0.2, 0) is 0 Å². The molecule has 0 fully saturated rings. The number of rotatable bonds is 8. The van der Waals surface area contributed by atoms with Gasteiger partial charge in [-0.1, -0.05) is 79.6 Å². The van der Waals surface area contributed by atoms with Gasteiger partial charge in [0.05, 0.1) is 0 Å². The van der Waals surface area contributed by atoms with E-state index in [-0.39, 0.29) is 0 Å². The topological polar surface area (TPSA) is 0 Å². The van der Waals surface area contributed by atoms with Crippen molar-refractivity contribution in [3.05, 3.63) is 0 Å². The molecule has 0 heteroatoms. The molecular weight excluding hydrogens is 168 g/mol. The average Bonchev–Trinajstić information content (AvgIpc) is 2.22. The van der Waals surface area contributed by atoms with Crippen LogP contribution in [0.3, 0.4) is 0 Å². The van der Waals surface area contributed by atoms with Gasteiger partial charge >= 0.3 is 0 Å². The maximum Gasteiger partial charge on any atom is -0.0280 e.